The lowest BCUT2D eigenvalue weighted by molar-refractivity contribution is 0.0998. The van der Waals surface area contributed by atoms with Crippen molar-refractivity contribution in [1.82, 2.24) is 10.6 Å². The second-order valence-corrected chi connectivity index (χ2v) is 6.71. The van der Waals surface area contributed by atoms with Gasteiger partial charge in [-0.15, -0.1) is 0 Å². The van der Waals surface area contributed by atoms with Crippen LogP contribution in [0.4, 0.5) is 5.69 Å². The highest BCUT2D eigenvalue weighted by molar-refractivity contribution is 6.06. The molecule has 0 radical (unpaired) electrons. The van der Waals surface area contributed by atoms with Crippen molar-refractivity contribution < 1.29 is 9.21 Å². The molecule has 140 valence electrons. The Kier molecular flexibility index (Phi) is 4.05. The molecule has 0 unspecified atom stereocenters. The van der Waals surface area contributed by atoms with E-state index >= 15 is 0 Å². The highest BCUT2D eigenvalue weighted by Gasteiger charge is 2.15. The molecular formula is C21H19N5O2. The van der Waals surface area contributed by atoms with Crippen LogP contribution in [0.1, 0.15) is 21.7 Å². The van der Waals surface area contributed by atoms with Crippen LogP contribution in [0.25, 0.3) is 11.0 Å². The van der Waals surface area contributed by atoms with Gasteiger partial charge in [-0.05, 0) is 36.4 Å². The molecular weight excluding hydrogens is 354 g/mol. The van der Waals surface area contributed by atoms with Crippen molar-refractivity contribution in [1.29, 1.82) is 0 Å². The second-order valence-electron chi connectivity index (χ2n) is 6.71. The maximum absolute atomic E-state index is 12.6. The van der Waals surface area contributed by atoms with Gasteiger partial charge in [0.25, 0.3) is 5.91 Å². The predicted molar refractivity (Wildman–Crippen MR) is 109 cm³/mol. The van der Waals surface area contributed by atoms with Gasteiger partial charge in [0.1, 0.15) is 17.3 Å². The highest BCUT2D eigenvalue weighted by atomic mass is 16.3. The number of aliphatic imine (C=N–C) groups is 2. The van der Waals surface area contributed by atoms with Crippen molar-refractivity contribution in [3.63, 3.8) is 0 Å². The van der Waals surface area contributed by atoms with E-state index in [-0.39, 0.29) is 11.7 Å². The Bertz CT molecular complexity index is 1110. The molecule has 2 aliphatic heterocycles. The molecule has 5 rings (SSSR count). The number of carbonyl (C=O) groups excluding carboxylic acids is 1. The van der Waals surface area contributed by atoms with E-state index in [4.69, 9.17) is 4.42 Å². The molecule has 0 saturated heterocycles. The SMILES string of the molecule is O=C(Nc1ccc(C2=NCCN2)cc1)c1cc2ccc(C3=NCCN3)cc2o1. The van der Waals surface area contributed by atoms with Gasteiger partial charge in [-0.1, -0.05) is 12.1 Å². The molecule has 3 aromatic rings. The van der Waals surface area contributed by atoms with Gasteiger partial charge in [0.2, 0.25) is 0 Å². The Morgan fingerprint density at radius 2 is 1.57 bits per heavy atom. The van der Waals surface area contributed by atoms with E-state index in [0.29, 0.717) is 11.3 Å². The summed E-state index contributed by atoms with van der Waals surface area (Å²) in [6.45, 7) is 3.29. The number of furan rings is 1. The molecule has 2 aromatic carbocycles. The van der Waals surface area contributed by atoms with E-state index in [1.165, 1.54) is 0 Å². The van der Waals surface area contributed by atoms with Gasteiger partial charge in [0.15, 0.2) is 5.76 Å². The average molecular weight is 373 g/mol. The third-order valence-corrected chi connectivity index (χ3v) is 4.78. The van der Waals surface area contributed by atoms with E-state index in [0.717, 1.165) is 54.4 Å². The quantitative estimate of drug-likeness (QED) is 0.655. The minimum Gasteiger partial charge on any atom is -0.451 e. The summed E-state index contributed by atoms with van der Waals surface area (Å²) in [4.78, 5) is 21.4. The smallest absolute Gasteiger partial charge is 0.291 e. The number of hydrogen-bond acceptors (Lipinski definition) is 6. The Labute approximate surface area is 161 Å². The molecule has 3 heterocycles. The highest BCUT2D eigenvalue weighted by Crippen LogP contribution is 2.22. The van der Waals surface area contributed by atoms with Gasteiger partial charge in [0.05, 0.1) is 13.1 Å². The molecule has 28 heavy (non-hydrogen) atoms. The molecule has 1 amide bonds. The molecule has 0 fully saturated rings. The fourth-order valence-corrected chi connectivity index (χ4v) is 3.38. The van der Waals surface area contributed by atoms with E-state index in [1.807, 2.05) is 42.5 Å². The lowest BCUT2D eigenvalue weighted by Crippen LogP contribution is -2.19. The third-order valence-electron chi connectivity index (χ3n) is 4.78. The Hall–Kier alpha value is -3.61. The number of fused-ring (bicyclic) bond motifs is 1. The number of amidine groups is 2. The van der Waals surface area contributed by atoms with Crippen LogP contribution >= 0.6 is 0 Å². The van der Waals surface area contributed by atoms with Crippen LogP contribution in [0.3, 0.4) is 0 Å². The summed E-state index contributed by atoms with van der Waals surface area (Å²) >= 11 is 0. The van der Waals surface area contributed by atoms with Gasteiger partial charge in [-0.3, -0.25) is 14.8 Å². The van der Waals surface area contributed by atoms with Crippen molar-refractivity contribution in [3.05, 3.63) is 65.4 Å². The topological polar surface area (TPSA) is 91.0 Å². The zero-order valence-corrected chi connectivity index (χ0v) is 15.2. The van der Waals surface area contributed by atoms with Crippen LogP contribution in [0.2, 0.25) is 0 Å². The summed E-state index contributed by atoms with van der Waals surface area (Å²) in [6.07, 6.45) is 0. The molecule has 2 aliphatic rings. The summed E-state index contributed by atoms with van der Waals surface area (Å²) in [6, 6.07) is 15.2. The number of amides is 1. The van der Waals surface area contributed by atoms with Gasteiger partial charge < -0.3 is 20.4 Å². The first kappa shape index (κ1) is 16.6. The molecule has 7 heteroatoms. The van der Waals surface area contributed by atoms with Crippen molar-refractivity contribution in [2.45, 2.75) is 0 Å². The zero-order valence-electron chi connectivity index (χ0n) is 15.2. The van der Waals surface area contributed by atoms with Crippen molar-refractivity contribution in [2.75, 3.05) is 31.5 Å². The van der Waals surface area contributed by atoms with Crippen LogP contribution < -0.4 is 16.0 Å². The number of rotatable bonds is 4. The first-order valence-corrected chi connectivity index (χ1v) is 9.29. The Morgan fingerprint density at radius 3 is 2.25 bits per heavy atom. The normalized spacial score (nSPS) is 15.7. The lowest BCUT2D eigenvalue weighted by Gasteiger charge is -2.06. The van der Waals surface area contributed by atoms with Crippen molar-refractivity contribution >= 4 is 34.2 Å². The van der Waals surface area contributed by atoms with Crippen LogP contribution in [-0.2, 0) is 0 Å². The number of anilines is 1. The number of hydrogen-bond donors (Lipinski definition) is 3. The zero-order chi connectivity index (χ0) is 18.9. The monoisotopic (exact) mass is 373 g/mol. The number of benzene rings is 2. The summed E-state index contributed by atoms with van der Waals surface area (Å²) in [5.74, 6) is 1.76. The largest absolute Gasteiger partial charge is 0.451 e. The summed E-state index contributed by atoms with van der Waals surface area (Å²) in [7, 11) is 0. The number of carbonyl (C=O) groups is 1. The van der Waals surface area contributed by atoms with E-state index in [9.17, 15) is 4.79 Å². The lowest BCUT2D eigenvalue weighted by atomic mass is 10.1. The van der Waals surface area contributed by atoms with Gasteiger partial charge in [0, 0.05) is 35.3 Å². The van der Waals surface area contributed by atoms with Crippen LogP contribution in [-0.4, -0.2) is 43.8 Å². The molecule has 0 atom stereocenters. The molecule has 1 aromatic heterocycles. The molecule has 0 saturated carbocycles. The number of nitrogens with one attached hydrogen (secondary N) is 3. The first-order valence-electron chi connectivity index (χ1n) is 9.29. The van der Waals surface area contributed by atoms with E-state index in [1.54, 1.807) is 6.07 Å². The summed E-state index contributed by atoms with van der Waals surface area (Å²) in [5, 5.41) is 10.2. The number of nitrogens with zero attached hydrogens (tertiary/aromatic N) is 2. The maximum atomic E-state index is 12.6. The van der Waals surface area contributed by atoms with Crippen LogP contribution in [0.5, 0.6) is 0 Å². The van der Waals surface area contributed by atoms with E-state index in [2.05, 4.69) is 25.9 Å². The predicted octanol–water partition coefficient (Wildman–Crippen LogP) is 2.38. The second kappa shape index (κ2) is 6.84. The van der Waals surface area contributed by atoms with Gasteiger partial charge >= 0.3 is 0 Å². The molecule has 0 bridgehead atoms. The van der Waals surface area contributed by atoms with Crippen molar-refractivity contribution in [2.24, 2.45) is 9.98 Å². The standard InChI is InChI=1S/C21H19N5O2/c27-21(26-16-5-3-13(4-6-16)19-22-7-8-23-19)18-11-14-1-2-15(12-17(14)28-18)20-24-9-10-25-20/h1-6,11-12H,7-10H2,(H,22,23)(H,24,25)(H,26,27). The molecule has 7 nitrogen and oxygen atoms in total. The average Bonchev–Trinajstić information content (AvgIpc) is 3.49. The molecule has 0 spiro atoms. The minimum absolute atomic E-state index is 0.277. The van der Waals surface area contributed by atoms with E-state index < -0.39 is 0 Å². The summed E-state index contributed by atoms with van der Waals surface area (Å²) in [5.41, 5.74) is 3.35. The fraction of sp³-hybridized carbons (Fsp3) is 0.190. The molecule has 0 aliphatic carbocycles. The molecule has 3 N–H and O–H groups in total. The van der Waals surface area contributed by atoms with Gasteiger partial charge in [-0.25, -0.2) is 0 Å². The minimum atomic E-state index is -0.279. The fourth-order valence-electron chi connectivity index (χ4n) is 3.38. The Balaban J connectivity index is 1.34. The van der Waals surface area contributed by atoms with Crippen molar-refractivity contribution in [3.8, 4) is 0 Å². The first-order chi connectivity index (χ1) is 13.8. The van der Waals surface area contributed by atoms with Gasteiger partial charge in [-0.2, -0.15) is 0 Å². The van der Waals surface area contributed by atoms with Crippen LogP contribution in [0, 0.1) is 0 Å². The third kappa shape index (κ3) is 3.11. The Morgan fingerprint density at radius 1 is 0.893 bits per heavy atom. The van der Waals surface area contributed by atoms with Crippen LogP contribution in [0.15, 0.2) is 62.9 Å². The summed E-state index contributed by atoms with van der Waals surface area (Å²) < 4.78 is 5.78. The maximum Gasteiger partial charge on any atom is 0.291 e.